The molecular formula is C31H38F5N7O3. The fraction of sp³-hybridized carbons (Fsp3) is 0.645. The highest BCUT2D eigenvalue weighted by Crippen LogP contribution is 2.42. The average molecular weight is 652 g/mol. The summed E-state index contributed by atoms with van der Waals surface area (Å²) in [6.45, 7) is 2.85. The number of ether oxygens (including phenoxy) is 1. The van der Waals surface area contributed by atoms with E-state index in [1.54, 1.807) is 12.3 Å². The van der Waals surface area contributed by atoms with Crippen molar-refractivity contribution in [3.05, 3.63) is 47.2 Å². The van der Waals surface area contributed by atoms with Crippen LogP contribution in [0.15, 0.2) is 24.5 Å². The Labute approximate surface area is 262 Å². The van der Waals surface area contributed by atoms with E-state index in [0.29, 0.717) is 68.2 Å². The largest absolute Gasteiger partial charge is 0.393 e. The summed E-state index contributed by atoms with van der Waals surface area (Å²) in [6, 6.07) is 2.53. The fourth-order valence-electron chi connectivity index (χ4n) is 7.14. The van der Waals surface area contributed by atoms with Crippen LogP contribution in [-0.4, -0.2) is 68.1 Å². The number of nitrogens with one attached hydrogen (secondary N) is 2. The third-order valence-electron chi connectivity index (χ3n) is 9.61. The Kier molecular flexibility index (Phi) is 9.05. The molecule has 3 aromatic heterocycles. The quantitative estimate of drug-likeness (QED) is 0.332. The maximum atomic E-state index is 14.7. The van der Waals surface area contributed by atoms with Gasteiger partial charge in [-0.15, -0.1) is 0 Å². The van der Waals surface area contributed by atoms with Crippen LogP contribution in [0.25, 0.3) is 5.65 Å². The molecule has 250 valence electrons. The highest BCUT2D eigenvalue weighted by Gasteiger charge is 2.45. The van der Waals surface area contributed by atoms with Gasteiger partial charge in [0.2, 0.25) is 11.8 Å². The normalized spacial score (nSPS) is 24.9. The van der Waals surface area contributed by atoms with Gasteiger partial charge in [-0.1, -0.05) is 0 Å². The van der Waals surface area contributed by atoms with Crippen molar-refractivity contribution in [3.63, 3.8) is 0 Å². The van der Waals surface area contributed by atoms with Gasteiger partial charge in [0.05, 0.1) is 29.5 Å². The molecule has 2 saturated heterocycles. The second-order valence-corrected chi connectivity index (χ2v) is 12.7. The molecule has 0 bridgehead atoms. The molecule has 1 saturated carbocycles. The van der Waals surface area contributed by atoms with Gasteiger partial charge < -0.3 is 15.4 Å². The number of hydrogen-bond acceptors (Lipinski definition) is 6. The van der Waals surface area contributed by atoms with Crippen molar-refractivity contribution in [3.8, 4) is 0 Å². The zero-order valence-electron chi connectivity index (χ0n) is 25.5. The van der Waals surface area contributed by atoms with Crippen LogP contribution in [0.3, 0.4) is 0 Å². The monoisotopic (exact) mass is 651 g/mol. The molecule has 15 heteroatoms. The Morgan fingerprint density at radius 1 is 1.24 bits per heavy atom. The molecule has 0 radical (unpaired) electrons. The summed E-state index contributed by atoms with van der Waals surface area (Å²) in [5.74, 6) is -6.97. The SMILES string of the molecule is CCn1nccc1C(=O)NC(c1cn2nc(CC3CC(C(F)(F)F)CNC3=O)c(C3CCOCC3)cc2n1)C1CCCC(F)(F)C1. The number of amides is 2. The molecule has 2 aliphatic heterocycles. The molecule has 10 nitrogen and oxygen atoms in total. The van der Waals surface area contributed by atoms with Crippen LogP contribution in [0.5, 0.6) is 0 Å². The number of nitrogens with zero attached hydrogens (tertiary/aromatic N) is 5. The lowest BCUT2D eigenvalue weighted by molar-refractivity contribution is -0.183. The van der Waals surface area contributed by atoms with Crippen molar-refractivity contribution in [2.75, 3.05) is 19.8 Å². The van der Waals surface area contributed by atoms with Gasteiger partial charge in [-0.05, 0) is 68.6 Å². The zero-order chi connectivity index (χ0) is 32.6. The molecule has 2 amide bonds. The maximum Gasteiger partial charge on any atom is 0.393 e. The second kappa shape index (κ2) is 12.9. The number of carbonyl (C=O) groups is 2. The van der Waals surface area contributed by atoms with E-state index in [1.165, 1.54) is 15.4 Å². The molecule has 5 heterocycles. The van der Waals surface area contributed by atoms with Crippen molar-refractivity contribution in [1.82, 2.24) is 35.0 Å². The van der Waals surface area contributed by atoms with Crippen LogP contribution < -0.4 is 10.6 Å². The highest BCUT2D eigenvalue weighted by molar-refractivity contribution is 5.92. The molecule has 4 atom stereocenters. The summed E-state index contributed by atoms with van der Waals surface area (Å²) < 4.78 is 78.6. The standard InChI is InChI=1S/C31H38F5N7O3/c1-2-42-25(5-9-38-42)29(45)40-27(19-4-3-8-30(32,33)15-19)24-17-43-26(39-24)14-22(18-6-10-46-11-7-18)23(41-43)13-20-12-21(31(34,35)36)16-37-28(20)44/h5,9,14,17-21,27H,2-4,6-8,10-13,15-16H2,1H3,(H,37,44)(H,40,45). The van der Waals surface area contributed by atoms with E-state index in [-0.39, 0.29) is 25.2 Å². The van der Waals surface area contributed by atoms with Gasteiger partial charge in [-0.25, -0.2) is 18.3 Å². The number of aromatic nitrogens is 5. The lowest BCUT2D eigenvalue weighted by atomic mass is 9.80. The van der Waals surface area contributed by atoms with E-state index in [9.17, 15) is 31.5 Å². The third kappa shape index (κ3) is 6.88. The fourth-order valence-corrected chi connectivity index (χ4v) is 7.14. The second-order valence-electron chi connectivity index (χ2n) is 12.7. The number of alkyl halides is 5. The van der Waals surface area contributed by atoms with Crippen molar-refractivity contribution in [2.24, 2.45) is 17.8 Å². The predicted octanol–water partition coefficient (Wildman–Crippen LogP) is 4.99. The third-order valence-corrected chi connectivity index (χ3v) is 9.61. The van der Waals surface area contributed by atoms with Crippen LogP contribution >= 0.6 is 0 Å². The van der Waals surface area contributed by atoms with E-state index in [1.807, 2.05) is 13.0 Å². The van der Waals surface area contributed by atoms with Crippen LogP contribution in [0.4, 0.5) is 22.0 Å². The lowest BCUT2D eigenvalue weighted by Gasteiger charge is -2.34. The molecule has 2 N–H and O–H groups in total. The predicted molar refractivity (Wildman–Crippen MR) is 155 cm³/mol. The van der Waals surface area contributed by atoms with Gasteiger partial charge in [0, 0.05) is 57.7 Å². The summed E-state index contributed by atoms with van der Waals surface area (Å²) in [5, 5.41) is 14.3. The van der Waals surface area contributed by atoms with Crippen LogP contribution in [0.2, 0.25) is 0 Å². The molecule has 0 aromatic carbocycles. The first kappa shape index (κ1) is 32.3. The number of rotatable bonds is 8. The van der Waals surface area contributed by atoms with E-state index in [0.717, 1.165) is 5.56 Å². The van der Waals surface area contributed by atoms with Gasteiger partial charge in [-0.2, -0.15) is 23.4 Å². The number of fused-ring (bicyclic) bond motifs is 1. The highest BCUT2D eigenvalue weighted by atomic mass is 19.4. The zero-order valence-corrected chi connectivity index (χ0v) is 25.5. The van der Waals surface area contributed by atoms with Crippen LogP contribution in [0.1, 0.15) is 91.3 Å². The summed E-state index contributed by atoms with van der Waals surface area (Å²) in [6.07, 6.45) is -0.225. The molecule has 3 fully saturated rings. The molecule has 3 aliphatic rings. The van der Waals surface area contributed by atoms with Crippen molar-refractivity contribution in [1.29, 1.82) is 0 Å². The first-order valence-corrected chi connectivity index (χ1v) is 15.9. The molecule has 0 spiro atoms. The first-order valence-electron chi connectivity index (χ1n) is 15.9. The summed E-state index contributed by atoms with van der Waals surface area (Å²) >= 11 is 0. The van der Waals surface area contributed by atoms with Crippen molar-refractivity contribution in [2.45, 2.75) is 88.9 Å². The maximum absolute atomic E-state index is 14.7. The minimum atomic E-state index is -4.43. The van der Waals surface area contributed by atoms with Gasteiger partial charge >= 0.3 is 6.18 Å². The minimum absolute atomic E-state index is 0.00454. The van der Waals surface area contributed by atoms with Gasteiger partial charge in [-0.3, -0.25) is 14.3 Å². The van der Waals surface area contributed by atoms with Gasteiger partial charge in [0.1, 0.15) is 5.69 Å². The summed E-state index contributed by atoms with van der Waals surface area (Å²) in [7, 11) is 0. The summed E-state index contributed by atoms with van der Waals surface area (Å²) in [5.41, 5.74) is 2.34. The first-order chi connectivity index (χ1) is 21.9. The number of halogens is 5. The molecule has 4 unspecified atom stereocenters. The number of imidazole rings is 1. The van der Waals surface area contributed by atoms with E-state index in [4.69, 9.17) is 14.8 Å². The molecular weight excluding hydrogens is 613 g/mol. The number of aryl methyl sites for hydroxylation is 1. The minimum Gasteiger partial charge on any atom is -0.381 e. The number of hydrogen-bond donors (Lipinski definition) is 2. The molecule has 6 rings (SSSR count). The lowest BCUT2D eigenvalue weighted by Crippen LogP contribution is -2.47. The Morgan fingerprint density at radius 3 is 2.74 bits per heavy atom. The molecule has 1 aliphatic carbocycles. The average Bonchev–Trinajstić information content (AvgIpc) is 3.67. The van der Waals surface area contributed by atoms with Crippen molar-refractivity contribution >= 4 is 17.5 Å². The van der Waals surface area contributed by atoms with Crippen molar-refractivity contribution < 1.29 is 36.3 Å². The van der Waals surface area contributed by atoms with Gasteiger partial charge in [0.25, 0.3) is 5.91 Å². The molecule has 3 aromatic rings. The smallest absolute Gasteiger partial charge is 0.381 e. The topological polar surface area (TPSA) is 115 Å². The van der Waals surface area contributed by atoms with E-state index >= 15 is 0 Å². The Bertz CT molecular complexity index is 1570. The van der Waals surface area contributed by atoms with Crippen LogP contribution in [0, 0.1) is 17.8 Å². The van der Waals surface area contributed by atoms with E-state index < -0.39 is 60.7 Å². The Morgan fingerprint density at radius 2 is 2.02 bits per heavy atom. The number of carbonyl (C=O) groups excluding carboxylic acids is 2. The summed E-state index contributed by atoms with van der Waals surface area (Å²) in [4.78, 5) is 30.9. The van der Waals surface area contributed by atoms with Crippen LogP contribution in [-0.2, 0) is 22.5 Å². The molecule has 46 heavy (non-hydrogen) atoms. The van der Waals surface area contributed by atoms with Gasteiger partial charge in [0.15, 0.2) is 5.65 Å². The Hall–Kier alpha value is -3.62. The number of piperidine rings is 1. The Balaban J connectivity index is 1.37. The van der Waals surface area contributed by atoms with E-state index in [2.05, 4.69) is 15.7 Å².